The van der Waals surface area contributed by atoms with Crippen molar-refractivity contribution in [3.05, 3.63) is 288 Å². The predicted molar refractivity (Wildman–Crippen MR) is 400 cm³/mol. The van der Waals surface area contributed by atoms with Gasteiger partial charge in [0.15, 0.2) is 0 Å². The van der Waals surface area contributed by atoms with E-state index in [-0.39, 0.29) is 112 Å². The summed E-state index contributed by atoms with van der Waals surface area (Å²) in [6.07, 6.45) is -15.8. The van der Waals surface area contributed by atoms with Crippen LogP contribution in [0.2, 0.25) is 0 Å². The van der Waals surface area contributed by atoms with Gasteiger partial charge in [0.2, 0.25) is 0 Å². The minimum Gasteiger partial charge on any atom is -0.356 e. The Balaban J connectivity index is 1.14. The molecular formula is C84H62F12N8O8. The fourth-order valence-electron chi connectivity index (χ4n) is 14.1. The van der Waals surface area contributed by atoms with Crippen LogP contribution in [0.3, 0.4) is 0 Å². The number of para-hydroxylation sites is 4. The van der Waals surface area contributed by atoms with E-state index in [0.717, 1.165) is 48.5 Å². The van der Waals surface area contributed by atoms with E-state index in [1.807, 2.05) is 0 Å². The lowest BCUT2D eigenvalue weighted by Crippen LogP contribution is -2.53. The van der Waals surface area contributed by atoms with Crippen molar-refractivity contribution in [2.45, 2.75) is 47.1 Å². The van der Waals surface area contributed by atoms with Crippen LogP contribution in [0.1, 0.15) is 45.0 Å². The largest absolute Gasteiger partial charge is 0.430 e. The number of aromatic amines is 2. The van der Waals surface area contributed by atoms with E-state index in [1.165, 1.54) is 218 Å². The summed E-state index contributed by atoms with van der Waals surface area (Å²) in [4.78, 5) is 76.5. The average Bonchev–Trinajstić information content (AvgIpc) is 0.820. The van der Waals surface area contributed by atoms with E-state index < -0.39 is 93.0 Å². The number of fused-ring (bicyclic) bond motifs is 8. The van der Waals surface area contributed by atoms with E-state index in [9.17, 15) is 19.2 Å². The van der Waals surface area contributed by atoms with Crippen LogP contribution in [0.25, 0.3) is 90.9 Å². The highest BCUT2D eigenvalue weighted by molar-refractivity contribution is 6.10. The number of carbonyl (C=O) groups excluding carboxylic acids is 4. The lowest BCUT2D eigenvalue weighted by Gasteiger charge is -2.33. The molecule has 3 aromatic heterocycles. The third-order valence-corrected chi connectivity index (χ3v) is 19.4. The number of alkyl halides is 12. The molecule has 0 unspecified atom stereocenters. The maximum Gasteiger partial charge on any atom is 0.430 e. The summed E-state index contributed by atoms with van der Waals surface area (Å²) in [6.45, 7) is 0. The Hall–Kier alpha value is -12.8. The van der Waals surface area contributed by atoms with E-state index in [2.05, 4.69) is 31.2 Å². The van der Waals surface area contributed by atoms with Gasteiger partial charge in [-0.15, -0.1) is 0 Å². The summed E-state index contributed by atoms with van der Waals surface area (Å²) in [5, 5.41) is 9.87. The highest BCUT2D eigenvalue weighted by atomic mass is 19.4. The van der Waals surface area contributed by atoms with Crippen LogP contribution in [-0.4, -0.2) is 96.7 Å². The van der Waals surface area contributed by atoms with Crippen molar-refractivity contribution in [1.82, 2.24) is 19.9 Å². The van der Waals surface area contributed by atoms with Gasteiger partial charge in [-0.05, 0) is 72.8 Å². The van der Waals surface area contributed by atoms with E-state index in [4.69, 9.17) is 28.9 Å². The second kappa shape index (κ2) is 30.2. The summed E-state index contributed by atoms with van der Waals surface area (Å²) < 4.78 is 210. The van der Waals surface area contributed by atoms with Crippen LogP contribution < -0.4 is 21.3 Å². The van der Waals surface area contributed by atoms with E-state index in [1.54, 1.807) is 0 Å². The molecule has 8 aromatic carbocycles. The molecule has 13 rings (SSSR count). The van der Waals surface area contributed by atoms with Gasteiger partial charge >= 0.3 is 24.7 Å². The zero-order valence-corrected chi connectivity index (χ0v) is 59.1. The number of ether oxygens (including phenoxy) is 4. The van der Waals surface area contributed by atoms with Crippen molar-refractivity contribution in [2.75, 3.05) is 49.7 Å². The quantitative estimate of drug-likeness (QED) is 0.0398. The lowest BCUT2D eigenvalue weighted by atomic mass is 9.91. The first-order valence-electron chi connectivity index (χ1n) is 34.0. The fourth-order valence-corrected chi connectivity index (χ4v) is 14.1. The molecule has 0 saturated heterocycles. The Bertz CT molecular complexity index is 5000. The Morgan fingerprint density at radius 3 is 0.625 bits per heavy atom. The number of hydrogen-bond donors (Lipinski definition) is 6. The number of aromatic nitrogens is 4. The molecule has 0 spiro atoms. The molecule has 0 fully saturated rings. The van der Waals surface area contributed by atoms with Gasteiger partial charge in [0.25, 0.3) is 46.0 Å². The minimum atomic E-state index is -5.42. The molecule has 8 bridgehead atoms. The molecule has 11 aromatic rings. The average molecular weight is 1540 g/mol. The second-order valence-corrected chi connectivity index (χ2v) is 25.5. The van der Waals surface area contributed by atoms with Crippen molar-refractivity contribution in [2.24, 2.45) is 0 Å². The molecule has 112 heavy (non-hydrogen) atoms. The third kappa shape index (κ3) is 13.4. The standard InChI is InChI=1S/C84H62F12N8O8/c1-109-77(81(85,86)87,49-25-9-5-10-26-49)73(105)101-57-37-21-17-33-53(57)69-61-41-43-63(97-61)70(54-34-18-22-38-58(54)102-74(106)78(110-2,82(88,89)90)50-27-11-6-12-28-50)65-45-47-67(99-65)72(56-36-20-24-40-60(56)104-76(108)80(112-4,84(94,95)96)52-31-15-8-16-32-52)68-48-46-66(100-68)71(64-44-42-62(69)98-64)55-35-19-23-39-59(55)103-75(107)79(111-3,83(91,92)93)51-29-13-7-14-30-51/h5-48,97,100H,1-4H3,(H,101,105)(H,102,106)(H,103,107)(H,104,108)/t77-,78-,79-,80-/m1/s1. The first-order chi connectivity index (χ1) is 53.5. The molecule has 4 atom stereocenters. The van der Waals surface area contributed by atoms with Crippen molar-refractivity contribution in [3.63, 3.8) is 0 Å². The fraction of sp³-hybridized carbons (Fsp3) is 0.143. The van der Waals surface area contributed by atoms with E-state index >= 15 is 52.7 Å². The van der Waals surface area contributed by atoms with Gasteiger partial charge < -0.3 is 50.2 Å². The van der Waals surface area contributed by atoms with Gasteiger partial charge in [0.05, 0.1) is 22.8 Å². The maximum atomic E-state index is 15.8. The first-order valence-corrected chi connectivity index (χ1v) is 34.0. The molecule has 28 heteroatoms. The van der Waals surface area contributed by atoms with Gasteiger partial charge in [-0.3, -0.25) is 19.2 Å². The lowest BCUT2D eigenvalue weighted by molar-refractivity contribution is -0.264. The predicted octanol–water partition coefficient (Wildman–Crippen LogP) is 19.5. The number of anilines is 4. The highest BCUT2D eigenvalue weighted by Gasteiger charge is 2.66. The molecule has 2 aliphatic rings. The summed E-state index contributed by atoms with van der Waals surface area (Å²) in [6, 6.07) is 53.0. The monoisotopic (exact) mass is 1540 g/mol. The van der Waals surface area contributed by atoms with Crippen molar-refractivity contribution in [1.29, 1.82) is 0 Å². The van der Waals surface area contributed by atoms with Crippen LogP contribution in [0.5, 0.6) is 0 Å². The smallest absolute Gasteiger partial charge is 0.356 e. The number of hydrogen-bond acceptors (Lipinski definition) is 10. The molecule has 0 aliphatic carbocycles. The number of halogens is 12. The second-order valence-electron chi connectivity index (χ2n) is 25.5. The Morgan fingerprint density at radius 2 is 0.446 bits per heavy atom. The summed E-state index contributed by atoms with van der Waals surface area (Å²) in [7, 11) is 2.85. The van der Waals surface area contributed by atoms with Crippen LogP contribution >= 0.6 is 0 Å². The molecule has 570 valence electrons. The zero-order chi connectivity index (χ0) is 79.8. The normalized spacial score (nSPS) is 14.6. The zero-order valence-electron chi connectivity index (χ0n) is 59.1. The van der Waals surface area contributed by atoms with Crippen molar-refractivity contribution in [3.8, 4) is 44.5 Å². The molecule has 4 amide bonds. The number of carbonyl (C=O) groups is 4. The van der Waals surface area contributed by atoms with Gasteiger partial charge in [-0.25, -0.2) is 9.97 Å². The maximum absolute atomic E-state index is 15.8. The van der Waals surface area contributed by atoms with Gasteiger partial charge in [0, 0.05) is 140 Å². The molecular weight excluding hydrogens is 1480 g/mol. The number of nitrogens with one attached hydrogen (secondary N) is 6. The molecule has 0 saturated carbocycles. The van der Waals surface area contributed by atoms with E-state index in [0.29, 0.717) is 28.4 Å². The SMILES string of the molecule is CO[C@@](C(=O)Nc1ccccc1-c1c2nc(c(-c3ccccc3NC(=O)[C@](OC)(c3ccccc3)C(F)(F)F)c3ccc([nH]3)c(-c3ccccc3NC(=O)[C@](OC)(c3ccccc3)C(F)(F)F)c3nc(c(-c4ccccc4NC(=O)[C@](OC)(c4ccccc4)C(F)(F)F)c4ccc1[nH]4)C=C3)C=C2)(c1ccccc1)C(F)(F)F. The minimum absolute atomic E-state index is 0.000761. The van der Waals surface area contributed by atoms with Crippen LogP contribution in [0.4, 0.5) is 75.4 Å². The number of nitrogens with zero attached hydrogens (tertiary/aromatic N) is 2. The topological polar surface area (TPSA) is 211 Å². The van der Waals surface area contributed by atoms with Crippen molar-refractivity contribution >= 4 is 92.7 Å². The number of methoxy groups -OCH3 is 4. The summed E-state index contributed by atoms with van der Waals surface area (Å²) >= 11 is 0. The molecule has 5 heterocycles. The Kier molecular flexibility index (Phi) is 20.9. The number of benzene rings is 8. The third-order valence-electron chi connectivity index (χ3n) is 19.4. The first kappa shape index (κ1) is 77.4. The summed E-state index contributed by atoms with van der Waals surface area (Å²) in [5.74, 6) is -6.81. The number of rotatable bonds is 20. The Labute approximate surface area is 629 Å². The van der Waals surface area contributed by atoms with Gasteiger partial charge in [0.1, 0.15) is 0 Å². The van der Waals surface area contributed by atoms with Gasteiger partial charge in [-0.2, -0.15) is 52.7 Å². The summed E-state index contributed by atoms with van der Waals surface area (Å²) in [5.41, 5.74) is -18.3. The Morgan fingerprint density at radius 1 is 0.268 bits per heavy atom. The van der Waals surface area contributed by atoms with Crippen LogP contribution in [0.15, 0.2) is 243 Å². The molecule has 16 nitrogen and oxygen atoms in total. The molecule has 2 aliphatic heterocycles. The molecule has 6 N–H and O–H groups in total. The van der Waals surface area contributed by atoms with Crippen LogP contribution in [-0.2, 0) is 60.5 Å². The van der Waals surface area contributed by atoms with Crippen molar-refractivity contribution < 1.29 is 90.8 Å². The number of amides is 4. The number of H-pyrrole nitrogens is 2. The van der Waals surface area contributed by atoms with Gasteiger partial charge in [-0.1, -0.05) is 194 Å². The molecule has 0 radical (unpaired) electrons. The highest BCUT2D eigenvalue weighted by Crippen LogP contribution is 2.51. The van der Waals surface area contributed by atoms with Crippen LogP contribution in [0, 0.1) is 0 Å².